The van der Waals surface area contributed by atoms with Crippen LogP contribution in [-0.4, -0.2) is 27.8 Å². The highest BCUT2D eigenvalue weighted by Gasteiger charge is 2.46. The third-order valence-corrected chi connectivity index (χ3v) is 4.63. The van der Waals surface area contributed by atoms with E-state index in [1.165, 1.54) is 0 Å². The van der Waals surface area contributed by atoms with Crippen LogP contribution in [0.5, 0.6) is 0 Å². The van der Waals surface area contributed by atoms with Gasteiger partial charge in [-0.25, -0.2) is 0 Å². The quantitative estimate of drug-likeness (QED) is 0.870. The number of carbonyl (C=O) groups is 1. The lowest BCUT2D eigenvalue weighted by Crippen LogP contribution is -2.49. The fraction of sp³-hybridized carbons (Fsp3) is 0.353. The molecule has 0 radical (unpaired) electrons. The van der Waals surface area contributed by atoms with Crippen molar-refractivity contribution in [3.63, 3.8) is 0 Å². The molecule has 1 heterocycles. The zero-order valence-corrected chi connectivity index (χ0v) is 13.3. The Bertz CT molecular complexity index is 653. The summed E-state index contributed by atoms with van der Waals surface area (Å²) in [6.07, 6.45) is 7.82. The highest BCUT2D eigenvalue weighted by atomic mass is 35.5. The van der Waals surface area contributed by atoms with Gasteiger partial charge in [-0.1, -0.05) is 30.2 Å². The molecule has 3 rings (SSSR count). The number of amides is 1. The number of benzene rings is 1. The normalized spacial score (nSPS) is 15.9. The minimum absolute atomic E-state index is 0.145. The average molecular weight is 316 g/mol. The topological polar surface area (TPSA) is 46.1 Å². The number of rotatable bonds is 4. The van der Waals surface area contributed by atoms with Crippen molar-refractivity contribution in [2.45, 2.75) is 31.2 Å². The summed E-state index contributed by atoms with van der Waals surface area (Å²) in [5.74, 6) is 0.145. The van der Waals surface area contributed by atoms with Crippen molar-refractivity contribution in [3.05, 3.63) is 59.1 Å². The minimum atomic E-state index is -0.401. The van der Waals surface area contributed by atoms with Gasteiger partial charge in [0.1, 0.15) is 0 Å². The number of hydrogen-bond acceptors (Lipinski definition) is 3. The lowest BCUT2D eigenvalue weighted by molar-refractivity contribution is -0.140. The van der Waals surface area contributed by atoms with Crippen molar-refractivity contribution < 1.29 is 4.79 Å². The number of halogens is 1. The molecule has 0 saturated heterocycles. The Morgan fingerprint density at radius 3 is 2.55 bits per heavy atom. The summed E-state index contributed by atoms with van der Waals surface area (Å²) in [5, 5.41) is 0.693. The molecule has 114 valence electrons. The van der Waals surface area contributed by atoms with E-state index in [1.807, 2.05) is 31.3 Å². The molecule has 0 bridgehead atoms. The van der Waals surface area contributed by atoms with Crippen LogP contribution in [-0.2, 0) is 16.8 Å². The molecular formula is C17H18ClN3O. The molecule has 1 aliphatic rings. The molecule has 4 nitrogen and oxygen atoms in total. The van der Waals surface area contributed by atoms with Crippen molar-refractivity contribution >= 4 is 17.5 Å². The predicted octanol–water partition coefficient (Wildman–Crippen LogP) is 3.21. The smallest absolute Gasteiger partial charge is 0.233 e. The third-order valence-electron chi connectivity index (χ3n) is 4.38. The van der Waals surface area contributed by atoms with Crippen LogP contribution in [0, 0.1) is 0 Å². The SMILES string of the molecule is CN(Cc1cnccn1)C(=O)C1(c2ccc(Cl)cc2)CCC1. The largest absolute Gasteiger partial charge is 0.339 e. The van der Waals surface area contributed by atoms with Crippen molar-refractivity contribution in [2.75, 3.05) is 7.05 Å². The van der Waals surface area contributed by atoms with E-state index in [1.54, 1.807) is 23.5 Å². The van der Waals surface area contributed by atoms with E-state index >= 15 is 0 Å². The Balaban J connectivity index is 1.81. The molecule has 1 aromatic carbocycles. The maximum Gasteiger partial charge on any atom is 0.233 e. The van der Waals surface area contributed by atoms with E-state index in [4.69, 9.17) is 11.6 Å². The van der Waals surface area contributed by atoms with Crippen LogP contribution in [0.4, 0.5) is 0 Å². The molecule has 5 heteroatoms. The zero-order chi connectivity index (χ0) is 15.6. The van der Waals surface area contributed by atoms with Crippen molar-refractivity contribution in [3.8, 4) is 0 Å². The summed E-state index contributed by atoms with van der Waals surface area (Å²) in [4.78, 5) is 23.0. The standard InChI is InChI=1S/C17H18ClN3O/c1-21(12-15-11-19-9-10-20-15)16(22)17(7-2-8-17)13-3-5-14(18)6-4-13/h3-6,9-11H,2,7-8,12H2,1H3. The molecule has 0 N–H and O–H groups in total. The molecule has 0 atom stereocenters. The minimum Gasteiger partial charge on any atom is -0.339 e. The Hall–Kier alpha value is -1.94. The summed E-state index contributed by atoms with van der Waals surface area (Å²) in [5.41, 5.74) is 1.45. The van der Waals surface area contributed by atoms with Crippen LogP contribution in [0.25, 0.3) is 0 Å². The van der Waals surface area contributed by atoms with Gasteiger partial charge in [0.15, 0.2) is 0 Å². The molecule has 1 saturated carbocycles. The first-order chi connectivity index (χ1) is 10.6. The molecular weight excluding hydrogens is 298 g/mol. The highest BCUT2D eigenvalue weighted by molar-refractivity contribution is 6.30. The van der Waals surface area contributed by atoms with E-state index in [2.05, 4.69) is 9.97 Å². The van der Waals surface area contributed by atoms with E-state index in [0.717, 1.165) is 30.5 Å². The van der Waals surface area contributed by atoms with Gasteiger partial charge in [0, 0.05) is 24.5 Å². The van der Waals surface area contributed by atoms with E-state index in [-0.39, 0.29) is 5.91 Å². The summed E-state index contributed by atoms with van der Waals surface area (Å²) >= 11 is 5.96. The summed E-state index contributed by atoms with van der Waals surface area (Å²) < 4.78 is 0. The molecule has 0 spiro atoms. The van der Waals surface area contributed by atoms with Crippen molar-refractivity contribution in [1.29, 1.82) is 0 Å². The first-order valence-corrected chi connectivity index (χ1v) is 7.76. The molecule has 2 aromatic rings. The zero-order valence-electron chi connectivity index (χ0n) is 12.5. The van der Waals surface area contributed by atoms with Crippen LogP contribution < -0.4 is 0 Å². The second kappa shape index (κ2) is 6.05. The van der Waals surface area contributed by atoms with Gasteiger partial charge in [0.05, 0.1) is 23.9 Å². The Kier molecular flexibility index (Phi) is 4.12. The lowest BCUT2D eigenvalue weighted by Gasteiger charge is -2.43. The Labute approximate surface area is 135 Å². The molecule has 1 amide bonds. The van der Waals surface area contributed by atoms with Crippen molar-refractivity contribution in [2.24, 2.45) is 0 Å². The molecule has 22 heavy (non-hydrogen) atoms. The van der Waals surface area contributed by atoms with Gasteiger partial charge in [-0.2, -0.15) is 0 Å². The maximum atomic E-state index is 13.0. The van der Waals surface area contributed by atoms with Crippen molar-refractivity contribution in [1.82, 2.24) is 14.9 Å². The summed E-state index contributed by atoms with van der Waals surface area (Å²) in [6, 6.07) is 7.64. The van der Waals surface area contributed by atoms with Gasteiger partial charge in [-0.3, -0.25) is 14.8 Å². The Morgan fingerprint density at radius 1 is 1.27 bits per heavy atom. The van der Waals surface area contributed by atoms with Crippen LogP contribution in [0.3, 0.4) is 0 Å². The fourth-order valence-electron chi connectivity index (χ4n) is 3.02. The highest BCUT2D eigenvalue weighted by Crippen LogP contribution is 2.45. The lowest BCUT2D eigenvalue weighted by atomic mass is 9.63. The number of aromatic nitrogens is 2. The molecule has 1 aromatic heterocycles. The van der Waals surface area contributed by atoms with Crippen LogP contribution in [0.2, 0.25) is 5.02 Å². The molecule has 0 unspecified atom stereocenters. The van der Waals surface area contributed by atoms with Crippen LogP contribution >= 0.6 is 11.6 Å². The van der Waals surface area contributed by atoms with Crippen LogP contribution in [0.1, 0.15) is 30.5 Å². The van der Waals surface area contributed by atoms with Gasteiger partial charge in [-0.15, -0.1) is 0 Å². The van der Waals surface area contributed by atoms with Gasteiger partial charge >= 0.3 is 0 Å². The van der Waals surface area contributed by atoms with Gasteiger partial charge in [0.2, 0.25) is 5.91 Å². The third kappa shape index (κ3) is 2.71. The fourth-order valence-corrected chi connectivity index (χ4v) is 3.14. The van der Waals surface area contributed by atoms with Crippen LogP contribution in [0.15, 0.2) is 42.9 Å². The van der Waals surface area contributed by atoms with Gasteiger partial charge in [-0.05, 0) is 30.5 Å². The Morgan fingerprint density at radius 2 is 2.00 bits per heavy atom. The number of likely N-dealkylation sites (N-methyl/N-ethyl adjacent to an activating group) is 1. The summed E-state index contributed by atoms with van der Waals surface area (Å²) in [6.45, 7) is 0.474. The molecule has 1 fully saturated rings. The number of carbonyl (C=O) groups excluding carboxylic acids is 1. The van der Waals surface area contributed by atoms with E-state index < -0.39 is 5.41 Å². The number of hydrogen-bond donors (Lipinski definition) is 0. The van der Waals surface area contributed by atoms with Gasteiger partial charge < -0.3 is 4.90 Å². The maximum absolute atomic E-state index is 13.0. The average Bonchev–Trinajstić information content (AvgIpc) is 2.49. The van der Waals surface area contributed by atoms with E-state index in [9.17, 15) is 4.79 Å². The second-order valence-corrected chi connectivity index (χ2v) is 6.24. The second-order valence-electron chi connectivity index (χ2n) is 5.80. The first-order valence-electron chi connectivity index (χ1n) is 7.38. The van der Waals surface area contributed by atoms with Gasteiger partial charge in [0.25, 0.3) is 0 Å². The van der Waals surface area contributed by atoms with E-state index in [0.29, 0.717) is 11.6 Å². The molecule has 0 aliphatic heterocycles. The monoisotopic (exact) mass is 315 g/mol. The number of nitrogens with zero attached hydrogens (tertiary/aromatic N) is 3. The first kappa shape index (κ1) is 15.0. The predicted molar refractivity (Wildman–Crippen MR) is 85.5 cm³/mol. The summed E-state index contributed by atoms with van der Waals surface area (Å²) in [7, 11) is 1.83. The molecule has 1 aliphatic carbocycles.